The smallest absolute Gasteiger partial charge is 0.369 e. The Hall–Kier alpha value is -4.58. The number of carbonyl (C=O) groups is 1. The van der Waals surface area contributed by atoms with Crippen LogP contribution in [0.15, 0.2) is 72.8 Å². The lowest BCUT2D eigenvalue weighted by Gasteiger charge is -2.25. The number of nitrogens with zero attached hydrogens (tertiary/aromatic N) is 4. The molecule has 224 valence electrons. The Kier molecular flexibility index (Phi) is 9.15. The van der Waals surface area contributed by atoms with Gasteiger partial charge in [-0.3, -0.25) is 4.79 Å². The number of carbonyl (C=O) groups excluding carboxylic acids is 1. The summed E-state index contributed by atoms with van der Waals surface area (Å²) in [5.41, 5.74) is 1.85. The molecule has 1 atom stereocenters. The number of aromatic amines is 1. The van der Waals surface area contributed by atoms with Crippen LogP contribution >= 0.6 is 0 Å². The first kappa shape index (κ1) is 29.9. The molecule has 1 aliphatic carbocycles. The van der Waals surface area contributed by atoms with Crippen molar-refractivity contribution in [3.05, 3.63) is 106 Å². The maximum absolute atomic E-state index is 13.9. The van der Waals surface area contributed by atoms with Crippen LogP contribution in [0.3, 0.4) is 0 Å². The fraction of sp³-hybridized carbons (Fsp3) is 0.290. The molecule has 0 spiro atoms. The van der Waals surface area contributed by atoms with Crippen molar-refractivity contribution >= 4 is 23.6 Å². The summed E-state index contributed by atoms with van der Waals surface area (Å²) in [6.45, 7) is 0.136. The second-order valence-corrected chi connectivity index (χ2v) is 10.5. The van der Waals surface area contributed by atoms with E-state index in [1.807, 2.05) is 24.3 Å². The van der Waals surface area contributed by atoms with E-state index in [0.29, 0.717) is 23.2 Å². The zero-order valence-corrected chi connectivity index (χ0v) is 23.1. The van der Waals surface area contributed by atoms with Crippen LogP contribution < -0.4 is 10.2 Å². The second-order valence-electron chi connectivity index (χ2n) is 10.5. The number of hydrogen-bond donors (Lipinski definition) is 3. The molecule has 1 saturated carbocycles. The number of aliphatic hydroxyl groups is 1. The number of nitrogens with one attached hydrogen (secondary N) is 2. The van der Waals surface area contributed by atoms with Gasteiger partial charge in [0, 0.05) is 17.3 Å². The average Bonchev–Trinajstić information content (AvgIpc) is 3.52. The predicted octanol–water partition coefficient (Wildman–Crippen LogP) is 6.75. The lowest BCUT2D eigenvalue weighted by atomic mass is 9.84. The van der Waals surface area contributed by atoms with Gasteiger partial charge in [-0.1, -0.05) is 60.8 Å². The minimum absolute atomic E-state index is 0.0827. The number of hydrogen-bond acceptors (Lipinski definition) is 6. The third-order valence-electron chi connectivity index (χ3n) is 7.46. The number of amides is 1. The molecule has 43 heavy (non-hydrogen) atoms. The number of H-pyrrole nitrogens is 1. The van der Waals surface area contributed by atoms with Crippen LogP contribution in [0.4, 0.5) is 29.2 Å². The Morgan fingerprint density at radius 3 is 2.42 bits per heavy atom. The van der Waals surface area contributed by atoms with E-state index >= 15 is 0 Å². The number of benzene rings is 3. The Morgan fingerprint density at radius 2 is 1.77 bits per heavy atom. The molecule has 4 aromatic rings. The predicted molar refractivity (Wildman–Crippen MR) is 153 cm³/mol. The lowest BCUT2D eigenvalue weighted by Crippen LogP contribution is -2.28. The van der Waals surface area contributed by atoms with Gasteiger partial charge in [0.2, 0.25) is 0 Å². The second kappa shape index (κ2) is 13.2. The van der Waals surface area contributed by atoms with Crippen LogP contribution in [0.25, 0.3) is 6.08 Å². The SMILES string of the molecule is O=C(C=Cc1cc(F)cc(C(F)(F)F)c1)N(Cc1ccc([C@H](O)Nc2nn[nH]n2)cc1)c1ccc(C2CCCCC2)cc1. The monoisotopic (exact) mass is 594 g/mol. The van der Waals surface area contributed by atoms with Crippen molar-refractivity contribution in [2.75, 3.05) is 10.2 Å². The van der Waals surface area contributed by atoms with Crippen molar-refractivity contribution in [1.29, 1.82) is 0 Å². The number of tetrazole rings is 1. The van der Waals surface area contributed by atoms with Gasteiger partial charge in [-0.15, -0.1) is 5.10 Å². The summed E-state index contributed by atoms with van der Waals surface area (Å²) < 4.78 is 53.5. The van der Waals surface area contributed by atoms with Crippen molar-refractivity contribution in [3.8, 4) is 0 Å². The summed E-state index contributed by atoms with van der Waals surface area (Å²) in [6, 6.07) is 16.8. The van der Waals surface area contributed by atoms with Gasteiger partial charge < -0.3 is 15.3 Å². The number of aromatic nitrogens is 4. The van der Waals surface area contributed by atoms with Crippen LogP contribution in [0, 0.1) is 5.82 Å². The standard InChI is InChI=1S/C31H30F4N6O2/c32-26-17-21(16-25(18-26)31(33,34)35)8-15-28(42)41(27-13-11-23(12-14-27)22-4-2-1-3-5-22)19-20-6-9-24(10-7-20)29(43)36-30-37-39-40-38-30/h6-18,22,29,43H,1-5,19H2,(H2,36,37,38,39,40)/t29-/m0/s1. The summed E-state index contributed by atoms with van der Waals surface area (Å²) in [5, 5.41) is 26.3. The highest BCUT2D eigenvalue weighted by atomic mass is 19.4. The van der Waals surface area contributed by atoms with Crippen molar-refractivity contribution in [1.82, 2.24) is 20.6 Å². The Labute approximate surface area is 245 Å². The molecule has 0 saturated heterocycles. The molecule has 1 amide bonds. The molecule has 1 heterocycles. The van der Waals surface area contributed by atoms with E-state index in [4.69, 9.17) is 0 Å². The fourth-order valence-corrected chi connectivity index (χ4v) is 5.20. The van der Waals surface area contributed by atoms with Gasteiger partial charge in [0.05, 0.1) is 12.1 Å². The van der Waals surface area contributed by atoms with Crippen LogP contribution in [-0.2, 0) is 17.5 Å². The van der Waals surface area contributed by atoms with E-state index in [1.54, 1.807) is 24.3 Å². The normalized spacial score (nSPS) is 15.0. The highest BCUT2D eigenvalue weighted by Crippen LogP contribution is 2.34. The molecule has 1 aromatic heterocycles. The Bertz CT molecular complexity index is 1530. The van der Waals surface area contributed by atoms with E-state index < -0.39 is 29.7 Å². The minimum atomic E-state index is -4.72. The third-order valence-corrected chi connectivity index (χ3v) is 7.46. The van der Waals surface area contributed by atoms with E-state index in [1.165, 1.54) is 35.8 Å². The van der Waals surface area contributed by atoms with Gasteiger partial charge in [0.1, 0.15) is 5.82 Å². The number of aliphatic hydroxyl groups excluding tert-OH is 1. The van der Waals surface area contributed by atoms with Crippen molar-refractivity contribution < 1.29 is 27.5 Å². The maximum atomic E-state index is 13.9. The number of rotatable bonds is 9. The minimum Gasteiger partial charge on any atom is -0.369 e. The molecule has 1 aliphatic rings. The molecule has 0 bridgehead atoms. The fourth-order valence-electron chi connectivity index (χ4n) is 5.20. The molecule has 3 N–H and O–H groups in total. The van der Waals surface area contributed by atoms with Gasteiger partial charge in [-0.25, -0.2) is 4.39 Å². The maximum Gasteiger partial charge on any atom is 0.416 e. The van der Waals surface area contributed by atoms with E-state index in [9.17, 15) is 27.5 Å². The highest BCUT2D eigenvalue weighted by molar-refractivity contribution is 6.03. The molecule has 1 fully saturated rings. The number of alkyl halides is 3. The summed E-state index contributed by atoms with van der Waals surface area (Å²) >= 11 is 0. The van der Waals surface area contributed by atoms with Crippen LogP contribution in [0.1, 0.15) is 72.1 Å². The van der Waals surface area contributed by atoms with Crippen molar-refractivity contribution in [2.24, 2.45) is 0 Å². The van der Waals surface area contributed by atoms with Crippen LogP contribution in [-0.4, -0.2) is 31.6 Å². The highest BCUT2D eigenvalue weighted by Gasteiger charge is 2.31. The van der Waals surface area contributed by atoms with Crippen molar-refractivity contribution in [3.63, 3.8) is 0 Å². The molecule has 3 aromatic carbocycles. The number of anilines is 2. The van der Waals surface area contributed by atoms with E-state index in [-0.39, 0.29) is 18.1 Å². The largest absolute Gasteiger partial charge is 0.416 e. The average molecular weight is 595 g/mol. The molecule has 12 heteroatoms. The summed E-state index contributed by atoms with van der Waals surface area (Å²) in [6.07, 6.45) is 2.34. The summed E-state index contributed by atoms with van der Waals surface area (Å²) in [4.78, 5) is 15.0. The third kappa shape index (κ3) is 7.83. The van der Waals surface area contributed by atoms with Gasteiger partial charge in [-0.05, 0) is 77.1 Å². The summed E-state index contributed by atoms with van der Waals surface area (Å²) in [7, 11) is 0. The quantitative estimate of drug-likeness (QED) is 0.112. The van der Waals surface area contributed by atoms with Crippen LogP contribution in [0.2, 0.25) is 0 Å². The summed E-state index contributed by atoms with van der Waals surface area (Å²) in [5.74, 6) is -0.945. The van der Waals surface area contributed by atoms with Gasteiger partial charge >= 0.3 is 6.18 Å². The van der Waals surface area contributed by atoms with E-state index in [2.05, 4.69) is 25.9 Å². The first-order valence-corrected chi connectivity index (χ1v) is 13.9. The molecule has 0 aliphatic heterocycles. The molecular formula is C31H30F4N6O2. The van der Waals surface area contributed by atoms with Crippen LogP contribution in [0.5, 0.6) is 0 Å². The Morgan fingerprint density at radius 1 is 1.05 bits per heavy atom. The molecule has 0 radical (unpaired) electrons. The van der Waals surface area contributed by atoms with Gasteiger partial charge in [0.25, 0.3) is 11.9 Å². The molecule has 5 rings (SSSR count). The zero-order chi connectivity index (χ0) is 30.4. The zero-order valence-electron chi connectivity index (χ0n) is 23.1. The van der Waals surface area contributed by atoms with Crippen molar-refractivity contribution in [2.45, 2.75) is 57.0 Å². The molecule has 0 unspecified atom stereocenters. The number of halogens is 4. The van der Waals surface area contributed by atoms with E-state index in [0.717, 1.165) is 36.6 Å². The lowest BCUT2D eigenvalue weighted by molar-refractivity contribution is -0.137. The first-order chi connectivity index (χ1) is 20.7. The van der Waals surface area contributed by atoms with Gasteiger partial charge in [-0.2, -0.15) is 18.4 Å². The topological polar surface area (TPSA) is 107 Å². The molecular weight excluding hydrogens is 564 g/mol. The molecule has 8 nitrogen and oxygen atoms in total. The van der Waals surface area contributed by atoms with Gasteiger partial charge in [0.15, 0.2) is 6.23 Å². The Balaban J connectivity index is 1.38. The first-order valence-electron chi connectivity index (χ1n) is 13.9.